The Morgan fingerprint density at radius 3 is 2.31 bits per heavy atom. The van der Waals surface area contributed by atoms with E-state index >= 15 is 0 Å². The third-order valence-corrected chi connectivity index (χ3v) is 4.47. The van der Waals surface area contributed by atoms with E-state index in [4.69, 9.17) is 5.10 Å². The number of nitrogens with one attached hydrogen (secondary N) is 2. The topological polar surface area (TPSA) is 59.0 Å². The van der Waals surface area contributed by atoms with E-state index in [0.29, 0.717) is 11.5 Å². The van der Waals surface area contributed by atoms with Gasteiger partial charge in [0, 0.05) is 16.1 Å². The van der Waals surface area contributed by atoms with Gasteiger partial charge in [-0.2, -0.15) is 5.10 Å². The van der Waals surface area contributed by atoms with Crippen LogP contribution in [0.15, 0.2) is 65.1 Å². The molecule has 3 rings (SSSR count). The van der Waals surface area contributed by atoms with Gasteiger partial charge in [-0.3, -0.25) is 5.32 Å². The number of benzene rings is 2. The molecule has 0 bridgehead atoms. The molecule has 26 heavy (non-hydrogen) atoms. The fraction of sp³-hybridized carbons (Fsp3) is 0.200. The Hall–Kier alpha value is -2.60. The Labute approximate surface area is 161 Å². The van der Waals surface area contributed by atoms with E-state index in [1.165, 1.54) is 0 Å². The summed E-state index contributed by atoms with van der Waals surface area (Å²) in [6.45, 7) is 6.14. The first-order valence-electron chi connectivity index (χ1n) is 8.33. The van der Waals surface area contributed by atoms with Crippen LogP contribution in [0.5, 0.6) is 0 Å². The lowest BCUT2D eigenvalue weighted by Crippen LogP contribution is -2.28. The van der Waals surface area contributed by atoms with Gasteiger partial charge in [0.25, 0.3) is 0 Å². The van der Waals surface area contributed by atoms with E-state index in [0.717, 1.165) is 15.7 Å². The lowest BCUT2D eigenvalue weighted by atomic mass is 10.1. The summed E-state index contributed by atoms with van der Waals surface area (Å²) < 4.78 is 2.65. The van der Waals surface area contributed by atoms with Crippen LogP contribution in [-0.4, -0.2) is 15.8 Å². The molecule has 0 saturated carbocycles. The van der Waals surface area contributed by atoms with Crippen molar-refractivity contribution in [3.8, 4) is 11.3 Å². The number of urea groups is 1. The van der Waals surface area contributed by atoms with Gasteiger partial charge in [0.2, 0.25) is 0 Å². The van der Waals surface area contributed by atoms with Crippen molar-refractivity contribution in [2.45, 2.75) is 26.3 Å². The first-order chi connectivity index (χ1) is 12.3. The number of carbonyl (C=O) groups excluding carboxylic acids is 1. The van der Waals surface area contributed by atoms with Crippen LogP contribution in [0.1, 0.15) is 20.8 Å². The lowest BCUT2D eigenvalue weighted by Gasteiger charge is -2.22. The van der Waals surface area contributed by atoms with Gasteiger partial charge in [-0.15, -0.1) is 0 Å². The van der Waals surface area contributed by atoms with Gasteiger partial charge in [0.05, 0.1) is 16.9 Å². The zero-order valence-corrected chi connectivity index (χ0v) is 16.5. The smallest absolute Gasteiger partial charge is 0.307 e. The Kier molecular flexibility index (Phi) is 5.13. The van der Waals surface area contributed by atoms with Crippen molar-refractivity contribution in [3.63, 3.8) is 0 Å². The van der Waals surface area contributed by atoms with Crippen LogP contribution in [0, 0.1) is 0 Å². The monoisotopic (exact) mass is 412 g/mol. The normalized spacial score (nSPS) is 11.2. The van der Waals surface area contributed by atoms with Crippen LogP contribution in [0.4, 0.5) is 16.3 Å². The Balaban J connectivity index is 1.88. The van der Waals surface area contributed by atoms with Crippen molar-refractivity contribution in [1.82, 2.24) is 9.78 Å². The van der Waals surface area contributed by atoms with Crippen LogP contribution in [-0.2, 0) is 5.54 Å². The largest absolute Gasteiger partial charge is 0.324 e. The van der Waals surface area contributed by atoms with Crippen LogP contribution in [0.2, 0.25) is 0 Å². The number of hydrogen-bond acceptors (Lipinski definition) is 2. The molecule has 6 heteroatoms. The zero-order chi connectivity index (χ0) is 18.7. The maximum atomic E-state index is 12.5. The van der Waals surface area contributed by atoms with Gasteiger partial charge in [-0.1, -0.05) is 42.5 Å². The molecule has 1 heterocycles. The summed E-state index contributed by atoms with van der Waals surface area (Å²) in [4.78, 5) is 12.5. The highest BCUT2D eigenvalue weighted by atomic mass is 79.9. The second kappa shape index (κ2) is 7.33. The minimum absolute atomic E-state index is 0.275. The minimum atomic E-state index is -0.318. The van der Waals surface area contributed by atoms with Crippen LogP contribution < -0.4 is 10.6 Å². The van der Waals surface area contributed by atoms with E-state index in [2.05, 4.69) is 26.6 Å². The molecule has 0 aliphatic heterocycles. The summed E-state index contributed by atoms with van der Waals surface area (Å²) >= 11 is 3.43. The number of carbonyl (C=O) groups is 1. The summed E-state index contributed by atoms with van der Waals surface area (Å²) in [5, 5.41) is 10.5. The molecule has 0 saturated heterocycles. The molecule has 0 atom stereocenters. The maximum Gasteiger partial charge on any atom is 0.324 e. The predicted octanol–water partition coefficient (Wildman–Crippen LogP) is 5.71. The van der Waals surface area contributed by atoms with E-state index < -0.39 is 0 Å². The molecule has 0 radical (unpaired) electrons. The third kappa shape index (κ3) is 4.14. The Bertz CT molecular complexity index is 913. The summed E-state index contributed by atoms with van der Waals surface area (Å²) in [5.74, 6) is 0.640. The fourth-order valence-electron chi connectivity index (χ4n) is 2.56. The van der Waals surface area contributed by atoms with Crippen molar-refractivity contribution in [3.05, 3.63) is 65.1 Å². The highest BCUT2D eigenvalue weighted by molar-refractivity contribution is 9.10. The van der Waals surface area contributed by atoms with Crippen molar-refractivity contribution < 1.29 is 4.79 Å². The first kappa shape index (κ1) is 18.2. The highest BCUT2D eigenvalue weighted by Gasteiger charge is 2.21. The van der Waals surface area contributed by atoms with Crippen LogP contribution in [0.3, 0.4) is 0 Å². The molecule has 5 nitrogen and oxygen atoms in total. The SMILES string of the molecule is CC(C)(C)n1nc(-c2ccccc2)cc1NC(=O)Nc1ccccc1Br. The van der Waals surface area contributed by atoms with E-state index in [-0.39, 0.29) is 11.6 Å². The molecular weight excluding hydrogens is 392 g/mol. The Morgan fingerprint density at radius 1 is 1.00 bits per heavy atom. The summed E-state index contributed by atoms with van der Waals surface area (Å²) in [6.07, 6.45) is 0. The predicted molar refractivity (Wildman–Crippen MR) is 109 cm³/mol. The van der Waals surface area contributed by atoms with E-state index in [1.807, 2.05) is 86.1 Å². The number of aromatic nitrogens is 2. The number of hydrogen-bond donors (Lipinski definition) is 2. The van der Waals surface area contributed by atoms with Crippen molar-refractivity contribution in [2.75, 3.05) is 10.6 Å². The van der Waals surface area contributed by atoms with Gasteiger partial charge in [0.1, 0.15) is 5.82 Å². The summed E-state index contributed by atoms with van der Waals surface area (Å²) in [6, 6.07) is 19.0. The fourth-order valence-corrected chi connectivity index (χ4v) is 2.95. The molecular formula is C20H21BrN4O. The highest BCUT2D eigenvalue weighted by Crippen LogP contribution is 2.27. The number of anilines is 2. The van der Waals surface area contributed by atoms with Crippen LogP contribution in [0.25, 0.3) is 11.3 Å². The molecule has 2 aromatic carbocycles. The molecule has 3 aromatic rings. The van der Waals surface area contributed by atoms with E-state index in [9.17, 15) is 4.79 Å². The van der Waals surface area contributed by atoms with Crippen molar-refractivity contribution in [2.24, 2.45) is 0 Å². The molecule has 2 N–H and O–H groups in total. The van der Waals surface area contributed by atoms with Gasteiger partial charge >= 0.3 is 6.03 Å². The van der Waals surface area contributed by atoms with Gasteiger partial charge in [-0.25, -0.2) is 9.48 Å². The zero-order valence-electron chi connectivity index (χ0n) is 15.0. The number of halogens is 1. The first-order valence-corrected chi connectivity index (χ1v) is 9.12. The van der Waals surface area contributed by atoms with Gasteiger partial charge in [-0.05, 0) is 48.8 Å². The number of para-hydroxylation sites is 1. The number of amides is 2. The van der Waals surface area contributed by atoms with Crippen LogP contribution >= 0.6 is 15.9 Å². The number of nitrogens with zero attached hydrogens (tertiary/aromatic N) is 2. The molecule has 0 aliphatic carbocycles. The molecule has 0 spiro atoms. The average molecular weight is 413 g/mol. The second-order valence-corrected chi connectivity index (χ2v) is 7.78. The van der Waals surface area contributed by atoms with Crippen molar-refractivity contribution in [1.29, 1.82) is 0 Å². The molecule has 2 amide bonds. The molecule has 134 valence electrons. The Morgan fingerprint density at radius 2 is 1.65 bits per heavy atom. The standard InChI is InChI=1S/C20H21BrN4O/c1-20(2,3)25-18(13-17(24-25)14-9-5-4-6-10-14)23-19(26)22-16-12-8-7-11-15(16)21/h4-13H,1-3H3,(H2,22,23,26). The minimum Gasteiger partial charge on any atom is -0.307 e. The summed E-state index contributed by atoms with van der Waals surface area (Å²) in [7, 11) is 0. The molecule has 1 aromatic heterocycles. The maximum absolute atomic E-state index is 12.5. The average Bonchev–Trinajstić information content (AvgIpc) is 3.02. The lowest BCUT2D eigenvalue weighted by molar-refractivity contribution is 0.261. The number of rotatable bonds is 3. The second-order valence-electron chi connectivity index (χ2n) is 6.92. The van der Waals surface area contributed by atoms with Crippen molar-refractivity contribution >= 4 is 33.5 Å². The molecule has 0 fully saturated rings. The quantitative estimate of drug-likeness (QED) is 0.578. The van der Waals surface area contributed by atoms with Gasteiger partial charge < -0.3 is 5.32 Å². The molecule has 0 aliphatic rings. The molecule has 0 unspecified atom stereocenters. The summed E-state index contributed by atoms with van der Waals surface area (Å²) in [5.41, 5.74) is 2.25. The van der Waals surface area contributed by atoms with E-state index in [1.54, 1.807) is 0 Å². The van der Waals surface area contributed by atoms with Gasteiger partial charge in [0.15, 0.2) is 0 Å². The third-order valence-electron chi connectivity index (χ3n) is 3.78.